The van der Waals surface area contributed by atoms with E-state index in [0.717, 1.165) is 33.4 Å². The molecule has 32 heavy (non-hydrogen) atoms. The molecule has 2 aromatic heterocycles. The van der Waals surface area contributed by atoms with Gasteiger partial charge in [-0.1, -0.05) is 60.7 Å². The predicted octanol–water partition coefficient (Wildman–Crippen LogP) is 4.87. The van der Waals surface area contributed by atoms with Crippen molar-refractivity contribution in [1.29, 1.82) is 0 Å². The highest BCUT2D eigenvalue weighted by Gasteiger charge is 2.14. The molecule has 0 unspecified atom stereocenters. The maximum Gasteiger partial charge on any atom is 0.265 e. The highest BCUT2D eigenvalue weighted by molar-refractivity contribution is 6.04. The van der Waals surface area contributed by atoms with Gasteiger partial charge in [0, 0.05) is 17.5 Å². The van der Waals surface area contributed by atoms with E-state index in [0.29, 0.717) is 19.1 Å². The molecule has 0 amide bonds. The second kappa shape index (κ2) is 8.85. The third-order valence-corrected chi connectivity index (χ3v) is 5.14. The number of nitrogens with one attached hydrogen (secondary N) is 1. The van der Waals surface area contributed by atoms with Crippen LogP contribution in [0, 0.1) is 0 Å². The first-order valence-corrected chi connectivity index (χ1v) is 10.5. The van der Waals surface area contributed by atoms with Crippen LogP contribution < -0.4 is 10.2 Å². The van der Waals surface area contributed by atoms with Crippen LogP contribution in [0.2, 0.25) is 0 Å². The van der Waals surface area contributed by atoms with Gasteiger partial charge < -0.3 is 9.30 Å². The van der Waals surface area contributed by atoms with Crippen molar-refractivity contribution in [3.05, 3.63) is 90.0 Å². The molecule has 0 saturated heterocycles. The Morgan fingerprint density at radius 1 is 0.938 bits per heavy atom. The normalized spacial score (nSPS) is 11.4. The topological polar surface area (TPSA) is 77.2 Å². The molecule has 0 fully saturated rings. The zero-order valence-corrected chi connectivity index (χ0v) is 17.6. The van der Waals surface area contributed by atoms with Crippen molar-refractivity contribution in [3.8, 4) is 5.75 Å². The summed E-state index contributed by atoms with van der Waals surface area (Å²) in [5.41, 5.74) is 7.57. The van der Waals surface area contributed by atoms with E-state index in [9.17, 15) is 0 Å². The van der Waals surface area contributed by atoms with Crippen molar-refractivity contribution in [2.75, 3.05) is 12.0 Å². The van der Waals surface area contributed by atoms with Gasteiger partial charge in [-0.3, -0.25) is 0 Å². The molecule has 7 heteroatoms. The molecule has 5 rings (SSSR count). The van der Waals surface area contributed by atoms with Crippen LogP contribution in [-0.4, -0.2) is 32.6 Å². The molecule has 7 nitrogen and oxygen atoms in total. The molecule has 0 aliphatic carbocycles. The van der Waals surface area contributed by atoms with E-state index in [2.05, 4.69) is 43.5 Å². The lowest BCUT2D eigenvalue weighted by molar-refractivity contribution is 0.340. The fourth-order valence-corrected chi connectivity index (χ4v) is 3.71. The summed E-state index contributed by atoms with van der Waals surface area (Å²) in [6.07, 6.45) is 1.69. The van der Waals surface area contributed by atoms with Crippen LogP contribution in [0.4, 0.5) is 5.95 Å². The molecular weight excluding hydrogens is 400 g/mol. The molecule has 0 bridgehead atoms. The first-order chi connectivity index (χ1) is 15.8. The highest BCUT2D eigenvalue weighted by atomic mass is 16.5. The molecule has 0 atom stereocenters. The van der Waals surface area contributed by atoms with Gasteiger partial charge in [0.15, 0.2) is 5.65 Å². The van der Waals surface area contributed by atoms with Gasteiger partial charge in [0.05, 0.1) is 18.3 Å². The predicted molar refractivity (Wildman–Crippen MR) is 127 cm³/mol. The molecule has 3 aromatic carbocycles. The van der Waals surface area contributed by atoms with E-state index in [1.54, 1.807) is 6.21 Å². The first-order valence-electron chi connectivity index (χ1n) is 10.5. The molecular formula is C25H22N6O. The van der Waals surface area contributed by atoms with Crippen LogP contribution in [0.1, 0.15) is 18.1 Å². The van der Waals surface area contributed by atoms with Crippen molar-refractivity contribution >= 4 is 34.2 Å². The second-order valence-corrected chi connectivity index (χ2v) is 7.24. The maximum absolute atomic E-state index is 5.64. The molecule has 0 aliphatic rings. The third kappa shape index (κ3) is 3.88. The van der Waals surface area contributed by atoms with Crippen LogP contribution in [0.5, 0.6) is 5.75 Å². The van der Waals surface area contributed by atoms with E-state index in [1.807, 2.05) is 67.6 Å². The summed E-state index contributed by atoms with van der Waals surface area (Å²) < 4.78 is 7.80. The van der Waals surface area contributed by atoms with Crippen LogP contribution in [0.3, 0.4) is 0 Å². The molecule has 158 valence electrons. The zero-order valence-electron chi connectivity index (χ0n) is 17.6. The van der Waals surface area contributed by atoms with Crippen molar-refractivity contribution in [3.63, 3.8) is 0 Å². The minimum absolute atomic E-state index is 0.333. The average molecular weight is 422 g/mol. The van der Waals surface area contributed by atoms with Gasteiger partial charge in [-0.2, -0.15) is 10.1 Å². The standard InChI is InChI=1S/C25H22N6O/c1-2-32-22-15-9-6-12-19(22)16-26-29-25-27-24-23(28-30-25)20-13-7-8-14-21(20)31(24)17-18-10-4-3-5-11-18/h3-16H,2,17H2,1H3,(H,27,29,30)/b26-16+. The van der Waals surface area contributed by atoms with Gasteiger partial charge in [-0.25, -0.2) is 5.43 Å². The van der Waals surface area contributed by atoms with E-state index in [1.165, 1.54) is 5.56 Å². The number of fused-ring (bicyclic) bond motifs is 3. The number of para-hydroxylation sites is 2. The number of benzene rings is 3. The molecule has 2 heterocycles. The Morgan fingerprint density at radius 2 is 1.72 bits per heavy atom. The second-order valence-electron chi connectivity index (χ2n) is 7.24. The Balaban J connectivity index is 1.49. The zero-order chi connectivity index (χ0) is 21.8. The average Bonchev–Trinajstić information content (AvgIpc) is 3.14. The van der Waals surface area contributed by atoms with Crippen molar-refractivity contribution in [2.24, 2.45) is 5.10 Å². The molecule has 5 aromatic rings. The largest absolute Gasteiger partial charge is 0.493 e. The van der Waals surface area contributed by atoms with Gasteiger partial charge in [-0.05, 0) is 30.7 Å². The number of nitrogens with zero attached hydrogens (tertiary/aromatic N) is 5. The Labute approximate surface area is 185 Å². The van der Waals surface area contributed by atoms with Gasteiger partial charge in [0.2, 0.25) is 0 Å². The Bertz CT molecular complexity index is 1390. The van der Waals surface area contributed by atoms with Gasteiger partial charge >= 0.3 is 0 Å². The number of hydrazone groups is 1. The SMILES string of the molecule is CCOc1ccccc1/C=N/Nc1nnc2c3ccccc3n(Cc3ccccc3)c2n1. The minimum Gasteiger partial charge on any atom is -0.493 e. The summed E-state index contributed by atoms with van der Waals surface area (Å²) in [5, 5.41) is 14.0. The van der Waals surface area contributed by atoms with Gasteiger partial charge in [-0.15, -0.1) is 10.2 Å². The first kappa shape index (κ1) is 19.7. The summed E-state index contributed by atoms with van der Waals surface area (Å²) in [6, 6.07) is 26.2. The minimum atomic E-state index is 0.333. The molecule has 0 radical (unpaired) electrons. The third-order valence-electron chi connectivity index (χ3n) is 5.14. The maximum atomic E-state index is 5.64. The Hall–Kier alpha value is -4.26. The number of hydrogen-bond acceptors (Lipinski definition) is 6. The lowest BCUT2D eigenvalue weighted by Gasteiger charge is -2.07. The number of hydrogen-bond donors (Lipinski definition) is 1. The van der Waals surface area contributed by atoms with Crippen LogP contribution in [0.25, 0.3) is 22.1 Å². The lowest BCUT2D eigenvalue weighted by atomic mass is 10.2. The fourth-order valence-electron chi connectivity index (χ4n) is 3.71. The van der Waals surface area contributed by atoms with Crippen LogP contribution in [0.15, 0.2) is 84.0 Å². The monoisotopic (exact) mass is 422 g/mol. The summed E-state index contributed by atoms with van der Waals surface area (Å²) >= 11 is 0. The molecule has 0 saturated carbocycles. The molecule has 0 aliphatic heterocycles. The van der Waals surface area contributed by atoms with E-state index in [-0.39, 0.29) is 0 Å². The summed E-state index contributed by atoms with van der Waals surface area (Å²) in [5.74, 6) is 1.11. The summed E-state index contributed by atoms with van der Waals surface area (Å²) in [6.45, 7) is 3.23. The summed E-state index contributed by atoms with van der Waals surface area (Å²) in [7, 11) is 0. The van der Waals surface area contributed by atoms with E-state index < -0.39 is 0 Å². The van der Waals surface area contributed by atoms with E-state index >= 15 is 0 Å². The van der Waals surface area contributed by atoms with Crippen molar-refractivity contribution in [2.45, 2.75) is 13.5 Å². The summed E-state index contributed by atoms with van der Waals surface area (Å²) in [4.78, 5) is 4.73. The molecule has 0 spiro atoms. The Kier molecular flexibility index (Phi) is 5.45. The van der Waals surface area contributed by atoms with Gasteiger partial charge in [0.25, 0.3) is 5.95 Å². The quantitative estimate of drug-likeness (QED) is 0.299. The Morgan fingerprint density at radius 3 is 2.59 bits per heavy atom. The number of aromatic nitrogens is 4. The fraction of sp³-hybridized carbons (Fsp3) is 0.120. The van der Waals surface area contributed by atoms with Crippen molar-refractivity contribution < 1.29 is 4.74 Å². The number of rotatable bonds is 7. The van der Waals surface area contributed by atoms with Crippen molar-refractivity contribution in [1.82, 2.24) is 19.7 Å². The lowest BCUT2D eigenvalue weighted by Crippen LogP contribution is -2.04. The number of ether oxygens (including phenoxy) is 1. The number of anilines is 1. The van der Waals surface area contributed by atoms with Gasteiger partial charge in [0.1, 0.15) is 11.3 Å². The van der Waals surface area contributed by atoms with Crippen LogP contribution in [-0.2, 0) is 6.54 Å². The highest BCUT2D eigenvalue weighted by Crippen LogP contribution is 2.27. The van der Waals surface area contributed by atoms with Crippen LogP contribution >= 0.6 is 0 Å². The molecule has 1 N–H and O–H groups in total. The van der Waals surface area contributed by atoms with E-state index in [4.69, 9.17) is 9.72 Å². The smallest absolute Gasteiger partial charge is 0.265 e.